The first kappa shape index (κ1) is 47.3. The number of para-hydroxylation sites is 2. The number of ether oxygens (including phenoxy) is 4. The Hall–Kier alpha value is -5.24. The van der Waals surface area contributed by atoms with Gasteiger partial charge in [-0.2, -0.15) is 0 Å². The summed E-state index contributed by atoms with van der Waals surface area (Å²) in [5.74, 6) is 0. The van der Waals surface area contributed by atoms with Gasteiger partial charge in [0.15, 0.2) is 0 Å². The Morgan fingerprint density at radius 3 is 1.02 bits per heavy atom. The monoisotopic (exact) mass is 885 g/mol. The molecule has 346 valence electrons. The summed E-state index contributed by atoms with van der Waals surface area (Å²) in [6, 6.07) is 56.7. The molecule has 0 atom stereocenters. The number of anilines is 6. The van der Waals surface area contributed by atoms with E-state index in [0.717, 1.165) is 86.6 Å². The highest BCUT2D eigenvalue weighted by molar-refractivity contribution is 5.80. The lowest BCUT2D eigenvalue weighted by Crippen LogP contribution is -2.41. The minimum atomic E-state index is 0.470. The Morgan fingerprint density at radius 1 is 0.379 bits per heavy atom. The van der Waals surface area contributed by atoms with E-state index >= 15 is 0 Å². The fraction of sp³-hybridized carbons (Fsp3) is 0.400. The molecule has 0 unspecified atom stereocenters. The first-order chi connectivity index (χ1) is 32.6. The predicted molar refractivity (Wildman–Crippen MR) is 274 cm³/mol. The molecule has 0 radical (unpaired) electrons. The van der Waals surface area contributed by atoms with Gasteiger partial charge in [-0.25, -0.2) is 0 Å². The van der Waals surface area contributed by atoms with Crippen LogP contribution in [-0.4, -0.2) is 39.6 Å². The van der Waals surface area contributed by atoms with E-state index in [0.29, 0.717) is 24.0 Å². The maximum Gasteiger partial charge on any atom is 0.0716 e. The zero-order chi connectivity index (χ0) is 45.3. The number of unbranched alkanes of at least 4 members (excludes halogenated alkanes) is 6. The third-order valence-corrected chi connectivity index (χ3v) is 14.2. The molecule has 2 heterocycles. The second kappa shape index (κ2) is 24.0. The highest BCUT2D eigenvalue weighted by atomic mass is 16.5. The number of nitrogens with zero attached hydrogens (tertiary/aromatic N) is 2. The maximum absolute atomic E-state index is 6.11. The van der Waals surface area contributed by atoms with E-state index in [9.17, 15) is 0 Å². The summed E-state index contributed by atoms with van der Waals surface area (Å²) < 4.78 is 23.2. The third-order valence-electron chi connectivity index (χ3n) is 14.2. The SMILES string of the molecule is CCC1(CCCCCCOCc2ccc(N(c3ccccc3)c3ccc(-c4ccc(N(c5ccccc5)c5ccc(COCCCCCCC6(CC)COC6)cc5)cc4)cc3)cc2)COC1. The molecule has 6 aromatic carbocycles. The Bertz CT molecular complexity index is 2110. The largest absolute Gasteiger partial charge is 0.380 e. The first-order valence-corrected chi connectivity index (χ1v) is 25.0. The van der Waals surface area contributed by atoms with Crippen LogP contribution in [0.3, 0.4) is 0 Å². The highest BCUT2D eigenvalue weighted by Gasteiger charge is 2.36. The van der Waals surface area contributed by atoms with Gasteiger partial charge < -0.3 is 28.7 Å². The lowest BCUT2D eigenvalue weighted by atomic mass is 9.78. The van der Waals surface area contributed by atoms with Crippen molar-refractivity contribution in [2.24, 2.45) is 10.8 Å². The van der Waals surface area contributed by atoms with Crippen LogP contribution >= 0.6 is 0 Å². The van der Waals surface area contributed by atoms with Gasteiger partial charge in [0.2, 0.25) is 0 Å². The molecule has 2 aliphatic rings. The average molecular weight is 885 g/mol. The smallest absolute Gasteiger partial charge is 0.0716 e. The van der Waals surface area contributed by atoms with E-state index in [-0.39, 0.29) is 0 Å². The normalized spacial score (nSPS) is 14.9. The lowest BCUT2D eigenvalue weighted by molar-refractivity contribution is -0.120. The van der Waals surface area contributed by atoms with Crippen molar-refractivity contribution < 1.29 is 18.9 Å². The fourth-order valence-electron chi connectivity index (χ4n) is 9.46. The van der Waals surface area contributed by atoms with Gasteiger partial charge in [0.05, 0.1) is 39.6 Å². The molecule has 0 amide bonds. The summed E-state index contributed by atoms with van der Waals surface area (Å²) in [6.45, 7) is 11.3. The minimum absolute atomic E-state index is 0.470. The average Bonchev–Trinajstić information content (AvgIpc) is 3.34. The molecule has 0 saturated carbocycles. The molecule has 0 bridgehead atoms. The van der Waals surface area contributed by atoms with Crippen molar-refractivity contribution in [3.63, 3.8) is 0 Å². The third kappa shape index (κ3) is 12.6. The van der Waals surface area contributed by atoms with Crippen molar-refractivity contribution in [3.05, 3.63) is 169 Å². The van der Waals surface area contributed by atoms with Crippen LogP contribution in [0.1, 0.15) is 102 Å². The van der Waals surface area contributed by atoms with Gasteiger partial charge in [-0.3, -0.25) is 0 Å². The quantitative estimate of drug-likeness (QED) is 0.0480. The number of hydrogen-bond acceptors (Lipinski definition) is 6. The summed E-state index contributed by atoms with van der Waals surface area (Å²) in [6.07, 6.45) is 14.9. The fourth-order valence-corrected chi connectivity index (χ4v) is 9.46. The van der Waals surface area contributed by atoms with Gasteiger partial charge in [0.1, 0.15) is 0 Å². The van der Waals surface area contributed by atoms with Crippen LogP contribution in [0.2, 0.25) is 0 Å². The molecule has 2 fully saturated rings. The van der Waals surface area contributed by atoms with Crippen LogP contribution in [0.15, 0.2) is 158 Å². The van der Waals surface area contributed by atoms with Crippen LogP contribution in [0.5, 0.6) is 0 Å². The second-order valence-electron chi connectivity index (χ2n) is 18.9. The zero-order valence-electron chi connectivity index (χ0n) is 39.7. The van der Waals surface area contributed by atoms with Gasteiger partial charge >= 0.3 is 0 Å². The van der Waals surface area contributed by atoms with Gasteiger partial charge in [0, 0.05) is 58.2 Å². The Balaban J connectivity index is 0.849. The van der Waals surface area contributed by atoms with Crippen molar-refractivity contribution in [3.8, 4) is 11.1 Å². The molecule has 0 aromatic heterocycles. The van der Waals surface area contributed by atoms with Crippen molar-refractivity contribution in [1.82, 2.24) is 0 Å². The molecule has 2 aliphatic heterocycles. The predicted octanol–water partition coefficient (Wildman–Crippen LogP) is 16.1. The topological polar surface area (TPSA) is 43.4 Å². The molecule has 0 aliphatic carbocycles. The molecule has 6 heteroatoms. The van der Waals surface area contributed by atoms with Gasteiger partial charge in [-0.1, -0.05) is 137 Å². The summed E-state index contributed by atoms with van der Waals surface area (Å²) >= 11 is 0. The van der Waals surface area contributed by atoms with Crippen molar-refractivity contribution in [2.45, 2.75) is 104 Å². The summed E-state index contributed by atoms with van der Waals surface area (Å²) in [5, 5.41) is 0. The van der Waals surface area contributed by atoms with Gasteiger partial charge in [-0.15, -0.1) is 0 Å². The molecule has 0 spiro atoms. The second-order valence-corrected chi connectivity index (χ2v) is 18.9. The van der Waals surface area contributed by atoms with E-state index in [2.05, 4.69) is 181 Å². The van der Waals surface area contributed by atoms with Gasteiger partial charge in [0.25, 0.3) is 0 Å². The molecule has 2 saturated heterocycles. The maximum atomic E-state index is 6.11. The van der Waals surface area contributed by atoms with Gasteiger partial charge in [-0.05, 0) is 134 Å². The molecular weight excluding hydrogens is 813 g/mol. The Labute approximate surface area is 395 Å². The van der Waals surface area contributed by atoms with Crippen molar-refractivity contribution >= 4 is 34.1 Å². The summed E-state index contributed by atoms with van der Waals surface area (Å²) in [4.78, 5) is 4.64. The number of rotatable bonds is 27. The Morgan fingerprint density at radius 2 is 0.697 bits per heavy atom. The van der Waals surface area contributed by atoms with Crippen molar-refractivity contribution in [2.75, 3.05) is 49.4 Å². The molecule has 6 nitrogen and oxygen atoms in total. The van der Waals surface area contributed by atoms with Crippen molar-refractivity contribution in [1.29, 1.82) is 0 Å². The summed E-state index contributed by atoms with van der Waals surface area (Å²) in [7, 11) is 0. The minimum Gasteiger partial charge on any atom is -0.380 e. The Kier molecular flexibility index (Phi) is 17.2. The molecule has 0 N–H and O–H groups in total. The van der Waals surface area contributed by atoms with Crippen LogP contribution in [0.25, 0.3) is 11.1 Å². The first-order valence-electron chi connectivity index (χ1n) is 25.0. The standard InChI is InChI=1S/C60H72N2O4/c1-3-59(45-65-46-59)39-15-5-7-17-41-63-43-49-23-31-55(32-24-49)61(53-19-11-9-12-20-53)57-35-27-51(28-36-57)52-29-37-58(38-30-52)62(54-21-13-10-14-22-54)56-33-25-50(26-34-56)44-64-42-18-8-6-16-40-60(4-2)47-66-48-60/h9-14,19-38H,3-8,15-18,39-48H2,1-2H3. The van der Waals surface area contributed by atoms with E-state index in [1.54, 1.807) is 0 Å². The van der Waals surface area contributed by atoms with Crippen LogP contribution in [0.4, 0.5) is 34.1 Å². The highest BCUT2D eigenvalue weighted by Crippen LogP contribution is 2.40. The van der Waals surface area contributed by atoms with Crippen LogP contribution in [-0.2, 0) is 32.2 Å². The molecule has 66 heavy (non-hydrogen) atoms. The summed E-state index contributed by atoms with van der Waals surface area (Å²) in [5.41, 5.74) is 12.4. The number of benzene rings is 6. The number of hydrogen-bond donors (Lipinski definition) is 0. The molecule has 8 rings (SSSR count). The van der Waals surface area contributed by atoms with Crippen LogP contribution in [0, 0.1) is 10.8 Å². The molecular formula is C60H72N2O4. The van der Waals surface area contributed by atoms with E-state index in [1.807, 2.05) is 0 Å². The lowest BCUT2D eigenvalue weighted by Gasteiger charge is -2.41. The molecule has 6 aromatic rings. The van der Waals surface area contributed by atoms with E-state index < -0.39 is 0 Å². The van der Waals surface area contributed by atoms with E-state index in [4.69, 9.17) is 18.9 Å². The van der Waals surface area contributed by atoms with Crippen LogP contribution < -0.4 is 9.80 Å². The van der Waals surface area contributed by atoms with E-state index in [1.165, 1.54) is 86.5 Å². The zero-order valence-corrected chi connectivity index (χ0v) is 39.7.